The SMILES string of the molecule is CCC(=O)OC(=O)COC(=O)C(C)O. The average Bonchev–Trinajstić information content (AvgIpc) is 2.13. The molecule has 0 aliphatic rings. The molecule has 0 heterocycles. The van der Waals surface area contributed by atoms with Gasteiger partial charge in [-0.15, -0.1) is 0 Å². The van der Waals surface area contributed by atoms with Crippen molar-refractivity contribution in [3.63, 3.8) is 0 Å². The van der Waals surface area contributed by atoms with Crippen molar-refractivity contribution in [1.82, 2.24) is 0 Å². The monoisotopic (exact) mass is 204 g/mol. The van der Waals surface area contributed by atoms with E-state index in [0.29, 0.717) is 0 Å². The van der Waals surface area contributed by atoms with Crippen LogP contribution in [0.4, 0.5) is 0 Å². The third kappa shape index (κ3) is 5.26. The summed E-state index contributed by atoms with van der Waals surface area (Å²) in [6.45, 7) is 2.05. The Morgan fingerprint density at radius 1 is 1.29 bits per heavy atom. The summed E-state index contributed by atoms with van der Waals surface area (Å²) in [5.74, 6) is -2.58. The first kappa shape index (κ1) is 12.6. The predicted molar refractivity (Wildman–Crippen MR) is 44.0 cm³/mol. The van der Waals surface area contributed by atoms with Crippen molar-refractivity contribution >= 4 is 17.9 Å². The van der Waals surface area contributed by atoms with Gasteiger partial charge < -0.3 is 14.6 Å². The van der Waals surface area contributed by atoms with Gasteiger partial charge >= 0.3 is 17.9 Å². The van der Waals surface area contributed by atoms with Gasteiger partial charge in [0.15, 0.2) is 6.61 Å². The summed E-state index contributed by atoms with van der Waals surface area (Å²) in [6, 6.07) is 0. The van der Waals surface area contributed by atoms with Crippen LogP contribution >= 0.6 is 0 Å². The largest absolute Gasteiger partial charge is 0.452 e. The molecule has 0 bridgehead atoms. The number of carbonyl (C=O) groups is 3. The van der Waals surface area contributed by atoms with E-state index in [1.807, 2.05) is 0 Å². The Labute approximate surface area is 80.8 Å². The molecule has 0 rings (SSSR count). The zero-order chi connectivity index (χ0) is 11.1. The molecule has 14 heavy (non-hydrogen) atoms. The molecular weight excluding hydrogens is 192 g/mol. The molecule has 0 fully saturated rings. The van der Waals surface area contributed by atoms with Gasteiger partial charge in [-0.2, -0.15) is 0 Å². The van der Waals surface area contributed by atoms with Crippen molar-refractivity contribution < 1.29 is 29.0 Å². The summed E-state index contributed by atoms with van der Waals surface area (Å²) >= 11 is 0. The molecule has 0 aliphatic heterocycles. The minimum atomic E-state index is -1.30. The summed E-state index contributed by atoms with van der Waals surface area (Å²) in [4.78, 5) is 31.9. The lowest BCUT2D eigenvalue weighted by Gasteiger charge is -2.05. The lowest BCUT2D eigenvalue weighted by molar-refractivity contribution is -0.169. The van der Waals surface area contributed by atoms with Gasteiger partial charge in [0.2, 0.25) is 0 Å². The topological polar surface area (TPSA) is 89.9 Å². The Bertz CT molecular complexity index is 232. The van der Waals surface area contributed by atoms with Gasteiger partial charge in [0, 0.05) is 6.42 Å². The second-order valence-corrected chi connectivity index (χ2v) is 2.48. The van der Waals surface area contributed by atoms with Crippen LogP contribution in [-0.2, 0) is 23.9 Å². The predicted octanol–water partition coefficient (Wildman–Crippen LogP) is -0.610. The molecule has 6 heteroatoms. The van der Waals surface area contributed by atoms with E-state index in [-0.39, 0.29) is 6.42 Å². The van der Waals surface area contributed by atoms with Crippen LogP contribution in [0.1, 0.15) is 20.3 Å². The highest BCUT2D eigenvalue weighted by Gasteiger charge is 2.14. The molecule has 0 aliphatic carbocycles. The summed E-state index contributed by atoms with van der Waals surface area (Å²) < 4.78 is 8.49. The number of hydrogen-bond acceptors (Lipinski definition) is 6. The third-order valence-corrected chi connectivity index (χ3v) is 1.19. The quantitative estimate of drug-likeness (QED) is 0.485. The maximum absolute atomic E-state index is 10.7. The fourth-order valence-corrected chi connectivity index (χ4v) is 0.479. The summed E-state index contributed by atoms with van der Waals surface area (Å²) in [6.07, 6.45) is -1.24. The smallest absolute Gasteiger partial charge is 0.351 e. The molecule has 1 atom stereocenters. The van der Waals surface area contributed by atoms with Crippen molar-refractivity contribution in [2.75, 3.05) is 6.61 Å². The van der Waals surface area contributed by atoms with E-state index < -0.39 is 30.6 Å². The van der Waals surface area contributed by atoms with Gasteiger partial charge in [0.25, 0.3) is 0 Å². The van der Waals surface area contributed by atoms with E-state index in [2.05, 4.69) is 9.47 Å². The molecule has 80 valence electrons. The lowest BCUT2D eigenvalue weighted by atomic mass is 10.4. The van der Waals surface area contributed by atoms with E-state index in [1.54, 1.807) is 0 Å². The molecular formula is C8H12O6. The van der Waals surface area contributed by atoms with Crippen LogP contribution < -0.4 is 0 Å². The number of aliphatic hydroxyl groups is 1. The van der Waals surface area contributed by atoms with Gasteiger partial charge in [-0.3, -0.25) is 4.79 Å². The van der Waals surface area contributed by atoms with E-state index in [0.717, 1.165) is 0 Å². The fraction of sp³-hybridized carbons (Fsp3) is 0.625. The van der Waals surface area contributed by atoms with Gasteiger partial charge in [-0.25, -0.2) is 9.59 Å². The van der Waals surface area contributed by atoms with Crippen molar-refractivity contribution in [1.29, 1.82) is 0 Å². The van der Waals surface area contributed by atoms with E-state index in [1.165, 1.54) is 13.8 Å². The maximum Gasteiger partial charge on any atom is 0.351 e. The second-order valence-electron chi connectivity index (χ2n) is 2.48. The van der Waals surface area contributed by atoms with Crippen LogP contribution in [0.5, 0.6) is 0 Å². The fourth-order valence-electron chi connectivity index (χ4n) is 0.479. The van der Waals surface area contributed by atoms with Crippen LogP contribution in [0.15, 0.2) is 0 Å². The van der Waals surface area contributed by atoms with Crippen LogP contribution in [0, 0.1) is 0 Å². The summed E-state index contributed by atoms with van der Waals surface area (Å²) in [7, 11) is 0. The highest BCUT2D eigenvalue weighted by molar-refractivity contribution is 5.87. The van der Waals surface area contributed by atoms with Crippen LogP contribution in [0.25, 0.3) is 0 Å². The van der Waals surface area contributed by atoms with Crippen molar-refractivity contribution in [2.24, 2.45) is 0 Å². The molecule has 1 unspecified atom stereocenters. The molecule has 0 spiro atoms. The van der Waals surface area contributed by atoms with Crippen LogP contribution in [0.2, 0.25) is 0 Å². The number of ether oxygens (including phenoxy) is 2. The van der Waals surface area contributed by atoms with Crippen molar-refractivity contribution in [3.05, 3.63) is 0 Å². The molecule has 0 radical (unpaired) electrons. The van der Waals surface area contributed by atoms with Crippen molar-refractivity contribution in [3.8, 4) is 0 Å². The molecule has 0 aromatic heterocycles. The van der Waals surface area contributed by atoms with Gasteiger partial charge in [0.1, 0.15) is 6.10 Å². The standard InChI is InChI=1S/C8H12O6/c1-3-6(10)14-7(11)4-13-8(12)5(2)9/h5,9H,3-4H2,1-2H3. The summed E-state index contributed by atoms with van der Waals surface area (Å²) in [5.41, 5.74) is 0. The first-order chi connectivity index (χ1) is 6.47. The maximum atomic E-state index is 10.7. The van der Waals surface area contributed by atoms with Gasteiger partial charge in [-0.05, 0) is 6.92 Å². The van der Waals surface area contributed by atoms with Crippen LogP contribution in [0.3, 0.4) is 0 Å². The first-order valence-electron chi connectivity index (χ1n) is 4.05. The zero-order valence-corrected chi connectivity index (χ0v) is 7.98. The average molecular weight is 204 g/mol. The van der Waals surface area contributed by atoms with Crippen LogP contribution in [-0.4, -0.2) is 35.7 Å². The minimum Gasteiger partial charge on any atom is -0.452 e. The molecule has 0 aromatic carbocycles. The highest BCUT2D eigenvalue weighted by Crippen LogP contribution is 1.90. The number of carbonyl (C=O) groups excluding carboxylic acids is 3. The zero-order valence-electron chi connectivity index (χ0n) is 7.98. The molecule has 0 aromatic rings. The summed E-state index contributed by atoms with van der Waals surface area (Å²) in [5, 5.41) is 8.67. The normalized spacial score (nSPS) is 11.6. The Morgan fingerprint density at radius 2 is 1.86 bits per heavy atom. The highest BCUT2D eigenvalue weighted by atomic mass is 16.6. The van der Waals surface area contributed by atoms with Gasteiger partial charge in [0.05, 0.1) is 0 Å². The Morgan fingerprint density at radius 3 is 2.29 bits per heavy atom. The second kappa shape index (κ2) is 6.09. The Balaban J connectivity index is 3.75. The Kier molecular flexibility index (Phi) is 5.47. The van der Waals surface area contributed by atoms with Crippen molar-refractivity contribution in [2.45, 2.75) is 26.4 Å². The molecule has 1 N–H and O–H groups in total. The number of esters is 3. The number of aliphatic hydroxyl groups excluding tert-OH is 1. The lowest BCUT2D eigenvalue weighted by Crippen LogP contribution is -2.24. The number of hydrogen-bond donors (Lipinski definition) is 1. The first-order valence-corrected chi connectivity index (χ1v) is 4.05. The molecule has 0 amide bonds. The van der Waals surface area contributed by atoms with Gasteiger partial charge in [-0.1, -0.05) is 6.92 Å². The van der Waals surface area contributed by atoms with E-state index in [4.69, 9.17) is 5.11 Å². The van der Waals surface area contributed by atoms with E-state index >= 15 is 0 Å². The number of rotatable bonds is 4. The Hall–Kier alpha value is -1.43. The third-order valence-electron chi connectivity index (χ3n) is 1.19. The minimum absolute atomic E-state index is 0.0656. The molecule has 0 saturated carbocycles. The molecule has 0 saturated heterocycles. The van der Waals surface area contributed by atoms with E-state index in [9.17, 15) is 14.4 Å². The molecule has 6 nitrogen and oxygen atoms in total.